The number of fused-ring (bicyclic) bond motifs is 1. The van der Waals surface area contributed by atoms with Gasteiger partial charge in [0.1, 0.15) is 0 Å². The van der Waals surface area contributed by atoms with Gasteiger partial charge in [-0.1, -0.05) is 19.9 Å². The van der Waals surface area contributed by atoms with Crippen LogP contribution in [0.1, 0.15) is 42.7 Å². The number of nitrogens with zero attached hydrogens (tertiary/aromatic N) is 2. The third-order valence-electron chi connectivity index (χ3n) is 3.36. The maximum absolute atomic E-state index is 12.6. The second-order valence-electron chi connectivity index (χ2n) is 5.50. The summed E-state index contributed by atoms with van der Waals surface area (Å²) in [4.78, 5) is 23.6. The zero-order valence-electron chi connectivity index (χ0n) is 12.8. The molecule has 0 saturated heterocycles. The molecule has 2 rings (SSSR count). The molecule has 0 fully saturated rings. The number of rotatable bonds is 4. The quantitative estimate of drug-likeness (QED) is 0.878. The number of aromatic nitrogens is 2. The summed E-state index contributed by atoms with van der Waals surface area (Å²) in [6.07, 6.45) is -3.38. The van der Waals surface area contributed by atoms with Crippen LogP contribution in [0.25, 0.3) is 5.52 Å². The van der Waals surface area contributed by atoms with Crippen LogP contribution in [0.15, 0.2) is 24.4 Å². The summed E-state index contributed by atoms with van der Waals surface area (Å²) in [6.45, 7) is 4.89. The fourth-order valence-electron chi connectivity index (χ4n) is 2.23. The highest BCUT2D eigenvalue weighted by atomic mass is 19.4. The number of Topliss-reactive ketones (excluding diaryl/α,β-unsaturated/α-hetero) is 1. The van der Waals surface area contributed by atoms with Crippen molar-refractivity contribution in [1.82, 2.24) is 14.9 Å². The molecule has 0 aliphatic rings. The minimum Gasteiger partial charge on any atom is -0.338 e. The predicted octanol–water partition coefficient (Wildman–Crippen LogP) is 2.71. The number of ketones is 1. The predicted molar refractivity (Wildman–Crippen MR) is 77.3 cm³/mol. The highest BCUT2D eigenvalue weighted by Gasteiger charge is 2.40. The van der Waals surface area contributed by atoms with Crippen molar-refractivity contribution in [2.75, 3.05) is 0 Å². The largest absolute Gasteiger partial charge is 0.471 e. The van der Waals surface area contributed by atoms with Crippen LogP contribution in [0.2, 0.25) is 0 Å². The Bertz CT molecular complexity index is 750. The summed E-state index contributed by atoms with van der Waals surface area (Å²) in [5.74, 6) is -2.84. The fraction of sp³-hybridized carbons (Fsp3) is 0.400. The molecule has 0 saturated carbocycles. The molecule has 1 N–H and O–H groups in total. The van der Waals surface area contributed by atoms with Crippen molar-refractivity contribution in [3.63, 3.8) is 0 Å². The van der Waals surface area contributed by atoms with Gasteiger partial charge in [-0.15, -0.1) is 0 Å². The van der Waals surface area contributed by atoms with Crippen molar-refractivity contribution in [3.8, 4) is 0 Å². The lowest BCUT2D eigenvalue weighted by Crippen LogP contribution is -2.45. The van der Waals surface area contributed by atoms with Crippen molar-refractivity contribution in [1.29, 1.82) is 0 Å². The molecule has 1 amide bonds. The molecule has 0 aliphatic heterocycles. The minimum absolute atomic E-state index is 0.0978. The second kappa shape index (κ2) is 6.02. The number of carbonyl (C=O) groups excluding carboxylic acids is 2. The van der Waals surface area contributed by atoms with E-state index in [1.807, 2.05) is 13.8 Å². The molecular weight excluding hydrogens is 311 g/mol. The van der Waals surface area contributed by atoms with Gasteiger partial charge in [0.25, 0.3) is 0 Å². The van der Waals surface area contributed by atoms with Crippen LogP contribution in [-0.2, 0) is 4.79 Å². The van der Waals surface area contributed by atoms with E-state index in [0.717, 1.165) is 0 Å². The second-order valence-corrected chi connectivity index (χ2v) is 5.50. The lowest BCUT2D eigenvalue weighted by atomic mass is 9.98. The number of carbonyl (C=O) groups is 2. The Kier molecular flexibility index (Phi) is 4.44. The number of nitrogens with one attached hydrogen (secondary N) is 1. The average molecular weight is 327 g/mol. The number of hydrogen-bond donors (Lipinski definition) is 1. The molecule has 124 valence electrons. The van der Waals surface area contributed by atoms with Gasteiger partial charge in [0.2, 0.25) is 0 Å². The topological polar surface area (TPSA) is 63.5 Å². The van der Waals surface area contributed by atoms with Crippen molar-refractivity contribution in [2.45, 2.75) is 38.9 Å². The van der Waals surface area contributed by atoms with Crippen LogP contribution in [0.3, 0.4) is 0 Å². The molecule has 1 atom stereocenters. The Morgan fingerprint density at radius 2 is 1.87 bits per heavy atom. The molecule has 0 unspecified atom stereocenters. The summed E-state index contributed by atoms with van der Waals surface area (Å²) < 4.78 is 38.5. The van der Waals surface area contributed by atoms with E-state index in [1.54, 1.807) is 29.7 Å². The molecule has 2 heterocycles. The number of hydrogen-bond acceptors (Lipinski definition) is 3. The molecule has 0 radical (unpaired) electrons. The summed E-state index contributed by atoms with van der Waals surface area (Å²) >= 11 is 0. The van der Waals surface area contributed by atoms with Gasteiger partial charge in [0, 0.05) is 6.20 Å². The molecule has 23 heavy (non-hydrogen) atoms. The highest BCUT2D eigenvalue weighted by molar-refractivity contribution is 6.08. The standard InChI is InChI=1S/C15H16F3N3O2/c1-8(2)12-11(10-6-4-5-7-21(10)20-12)13(22)9(3)19-14(23)15(16,17)18/h4-9H,1-3H3,(H,19,23)/t9-/m0/s1. The third-order valence-corrected chi connectivity index (χ3v) is 3.36. The minimum atomic E-state index is -5.03. The smallest absolute Gasteiger partial charge is 0.338 e. The number of alkyl halides is 3. The van der Waals surface area contributed by atoms with Gasteiger partial charge in [-0.05, 0) is 25.0 Å². The van der Waals surface area contributed by atoms with Crippen LogP contribution >= 0.6 is 0 Å². The van der Waals surface area contributed by atoms with Crippen molar-refractivity contribution < 1.29 is 22.8 Å². The van der Waals surface area contributed by atoms with Crippen LogP contribution in [-0.4, -0.2) is 33.5 Å². The molecule has 0 bridgehead atoms. The number of amides is 1. The van der Waals surface area contributed by atoms with E-state index in [1.165, 1.54) is 11.4 Å². The Morgan fingerprint density at radius 1 is 1.22 bits per heavy atom. The van der Waals surface area contributed by atoms with Gasteiger partial charge in [0.15, 0.2) is 5.78 Å². The van der Waals surface area contributed by atoms with E-state index in [9.17, 15) is 22.8 Å². The molecule has 0 aliphatic carbocycles. The van der Waals surface area contributed by atoms with Crippen molar-refractivity contribution in [3.05, 3.63) is 35.7 Å². The molecule has 5 nitrogen and oxygen atoms in total. The Morgan fingerprint density at radius 3 is 2.43 bits per heavy atom. The fourth-order valence-corrected chi connectivity index (χ4v) is 2.23. The lowest BCUT2D eigenvalue weighted by Gasteiger charge is -2.15. The first-order chi connectivity index (χ1) is 10.6. The lowest BCUT2D eigenvalue weighted by molar-refractivity contribution is -0.173. The first kappa shape index (κ1) is 17.0. The molecular formula is C15H16F3N3O2. The average Bonchev–Trinajstić information content (AvgIpc) is 2.84. The number of pyridine rings is 1. The van der Waals surface area contributed by atoms with Gasteiger partial charge >= 0.3 is 12.1 Å². The Balaban J connectivity index is 2.40. The van der Waals surface area contributed by atoms with E-state index >= 15 is 0 Å². The first-order valence-electron chi connectivity index (χ1n) is 7.02. The van der Waals surface area contributed by atoms with Gasteiger partial charge in [0.05, 0.1) is 22.8 Å². The van der Waals surface area contributed by atoms with Crippen molar-refractivity contribution in [2.24, 2.45) is 0 Å². The SMILES string of the molecule is CC(C)c1nn2ccccc2c1C(=O)[C@H](C)NC(=O)C(F)(F)F. The van der Waals surface area contributed by atoms with Crippen LogP contribution in [0.4, 0.5) is 13.2 Å². The Hall–Kier alpha value is -2.38. The zero-order valence-corrected chi connectivity index (χ0v) is 12.8. The Labute approximate surface area is 130 Å². The number of halogens is 3. The normalized spacial score (nSPS) is 13.3. The van der Waals surface area contributed by atoms with Gasteiger partial charge < -0.3 is 5.32 Å². The summed E-state index contributed by atoms with van der Waals surface area (Å²) in [5.41, 5.74) is 1.21. The summed E-state index contributed by atoms with van der Waals surface area (Å²) in [6, 6.07) is 3.78. The van der Waals surface area contributed by atoms with E-state index in [2.05, 4.69) is 5.10 Å². The molecule has 2 aromatic heterocycles. The van der Waals surface area contributed by atoms with E-state index in [4.69, 9.17) is 0 Å². The van der Waals surface area contributed by atoms with Gasteiger partial charge in [-0.2, -0.15) is 18.3 Å². The van der Waals surface area contributed by atoms with Gasteiger partial charge in [-0.3, -0.25) is 9.59 Å². The van der Waals surface area contributed by atoms with Crippen LogP contribution in [0.5, 0.6) is 0 Å². The maximum Gasteiger partial charge on any atom is 0.471 e. The monoisotopic (exact) mass is 327 g/mol. The third kappa shape index (κ3) is 3.35. The summed E-state index contributed by atoms with van der Waals surface area (Å²) in [7, 11) is 0. The van der Waals surface area contributed by atoms with E-state index in [-0.39, 0.29) is 11.5 Å². The molecule has 0 aromatic carbocycles. The molecule has 0 spiro atoms. The zero-order chi connectivity index (χ0) is 17.4. The van der Waals surface area contributed by atoms with E-state index in [0.29, 0.717) is 11.2 Å². The van der Waals surface area contributed by atoms with Crippen LogP contribution in [0, 0.1) is 0 Å². The highest BCUT2D eigenvalue weighted by Crippen LogP contribution is 2.24. The molecule has 2 aromatic rings. The van der Waals surface area contributed by atoms with Gasteiger partial charge in [-0.25, -0.2) is 4.52 Å². The molecule has 8 heteroatoms. The maximum atomic E-state index is 12.6. The first-order valence-corrected chi connectivity index (χ1v) is 7.02. The van der Waals surface area contributed by atoms with Crippen LogP contribution < -0.4 is 5.32 Å². The van der Waals surface area contributed by atoms with E-state index < -0.39 is 23.9 Å². The summed E-state index contributed by atoms with van der Waals surface area (Å²) in [5, 5.41) is 5.99. The van der Waals surface area contributed by atoms with Crippen molar-refractivity contribution >= 4 is 17.2 Å².